The highest BCUT2D eigenvalue weighted by Gasteiger charge is 2.28. The van der Waals surface area contributed by atoms with Crippen LogP contribution >= 0.6 is 0 Å². The summed E-state index contributed by atoms with van der Waals surface area (Å²) in [4.78, 5) is 30.8. The minimum Gasteiger partial charge on any atom is -0.445 e. The Morgan fingerprint density at radius 1 is 0.944 bits per heavy atom. The Balaban J connectivity index is 1.17. The molecular weight excluding hydrogens is 460 g/mol. The maximum atomic E-state index is 12.2. The maximum absolute atomic E-state index is 12.2. The van der Waals surface area contributed by atoms with Crippen molar-refractivity contribution >= 4 is 12.2 Å². The fourth-order valence-electron chi connectivity index (χ4n) is 4.49. The van der Waals surface area contributed by atoms with Crippen molar-refractivity contribution in [3.8, 4) is 0 Å². The number of likely N-dealkylation sites (tertiary alicyclic amines) is 1. The third-order valence-electron chi connectivity index (χ3n) is 6.53. The lowest BCUT2D eigenvalue weighted by Crippen LogP contribution is -2.51. The van der Waals surface area contributed by atoms with E-state index >= 15 is 0 Å². The number of piperazine rings is 1. The molecule has 2 amide bonds. The number of alkyl carbamates (subject to hydrolysis) is 1. The van der Waals surface area contributed by atoms with E-state index in [9.17, 15) is 9.59 Å². The number of benzene rings is 1. The van der Waals surface area contributed by atoms with Crippen LogP contribution in [0.2, 0.25) is 0 Å². The number of nitrogens with one attached hydrogen (secondary N) is 1. The lowest BCUT2D eigenvalue weighted by Gasteiger charge is -2.39. The molecule has 2 aliphatic rings. The number of carbonyl (C=O) groups excluding carboxylic acids is 2. The number of amides is 2. The lowest BCUT2D eigenvalue weighted by atomic mass is 9.96. The summed E-state index contributed by atoms with van der Waals surface area (Å²) in [6.45, 7) is 15.1. The lowest BCUT2D eigenvalue weighted by molar-refractivity contribution is 0.0119. The summed E-state index contributed by atoms with van der Waals surface area (Å²) in [6, 6.07) is 9.62. The Morgan fingerprint density at radius 2 is 1.64 bits per heavy atom. The van der Waals surface area contributed by atoms with Crippen LogP contribution in [0.25, 0.3) is 0 Å². The molecule has 0 aliphatic carbocycles. The minimum absolute atomic E-state index is 0.198. The molecule has 2 fully saturated rings. The normalized spacial score (nSPS) is 18.1. The van der Waals surface area contributed by atoms with Crippen molar-refractivity contribution in [3.63, 3.8) is 0 Å². The van der Waals surface area contributed by atoms with Crippen LogP contribution in [0.4, 0.5) is 9.59 Å². The summed E-state index contributed by atoms with van der Waals surface area (Å²) < 4.78 is 16.4. The van der Waals surface area contributed by atoms with Gasteiger partial charge in [0.05, 0.1) is 13.2 Å². The Morgan fingerprint density at radius 3 is 2.31 bits per heavy atom. The van der Waals surface area contributed by atoms with Gasteiger partial charge in [-0.1, -0.05) is 30.3 Å². The summed E-state index contributed by atoms with van der Waals surface area (Å²) in [5.41, 5.74) is 0.522. The van der Waals surface area contributed by atoms with Gasteiger partial charge >= 0.3 is 12.2 Å². The third-order valence-corrected chi connectivity index (χ3v) is 6.53. The van der Waals surface area contributed by atoms with Crippen LogP contribution in [0.3, 0.4) is 0 Å². The molecule has 36 heavy (non-hydrogen) atoms. The molecule has 0 bridgehead atoms. The number of rotatable bonds is 10. The van der Waals surface area contributed by atoms with Crippen molar-refractivity contribution < 1.29 is 23.8 Å². The second-order valence-electron chi connectivity index (χ2n) is 10.7. The monoisotopic (exact) mass is 504 g/mol. The van der Waals surface area contributed by atoms with E-state index in [-0.39, 0.29) is 12.7 Å². The van der Waals surface area contributed by atoms with E-state index in [0.29, 0.717) is 25.7 Å². The standard InChI is InChI=1S/C27H44N4O5/c1-27(2,3)36-26(33)31-16-14-30(15-17-31)21-23-9-12-29(13-10-23)18-20-34-19-11-28-25(32)35-22-24-7-5-4-6-8-24/h4-8,23H,9-22H2,1-3H3,(H,28,32). The summed E-state index contributed by atoms with van der Waals surface area (Å²) in [5, 5.41) is 2.72. The second kappa shape index (κ2) is 14.4. The van der Waals surface area contributed by atoms with Crippen molar-refractivity contribution in [2.75, 3.05) is 72.1 Å². The highest BCUT2D eigenvalue weighted by molar-refractivity contribution is 5.68. The van der Waals surface area contributed by atoms with Crippen LogP contribution in [-0.4, -0.2) is 105 Å². The summed E-state index contributed by atoms with van der Waals surface area (Å²) >= 11 is 0. The molecule has 202 valence electrons. The Kier molecular flexibility index (Phi) is 11.3. The predicted molar refractivity (Wildman–Crippen MR) is 139 cm³/mol. The summed E-state index contributed by atoms with van der Waals surface area (Å²) in [5.74, 6) is 0.710. The van der Waals surface area contributed by atoms with Crippen molar-refractivity contribution in [3.05, 3.63) is 35.9 Å². The van der Waals surface area contributed by atoms with Gasteiger partial charge in [-0.25, -0.2) is 9.59 Å². The molecule has 0 radical (unpaired) electrons. The Labute approximate surface area is 216 Å². The first kappa shape index (κ1) is 28.2. The topological polar surface area (TPSA) is 83.6 Å². The van der Waals surface area contributed by atoms with Crippen LogP contribution in [0.15, 0.2) is 30.3 Å². The average molecular weight is 505 g/mol. The van der Waals surface area contributed by atoms with Crippen molar-refractivity contribution in [1.82, 2.24) is 20.0 Å². The summed E-state index contributed by atoms with van der Waals surface area (Å²) in [6.07, 6.45) is 1.77. The van der Waals surface area contributed by atoms with Gasteiger partial charge in [0.2, 0.25) is 0 Å². The van der Waals surface area contributed by atoms with E-state index in [1.165, 1.54) is 12.8 Å². The first-order chi connectivity index (χ1) is 17.3. The molecule has 0 atom stereocenters. The molecule has 1 aromatic rings. The van der Waals surface area contributed by atoms with Crippen molar-refractivity contribution in [1.29, 1.82) is 0 Å². The van der Waals surface area contributed by atoms with Crippen LogP contribution < -0.4 is 5.32 Å². The number of carbonyl (C=O) groups is 2. The van der Waals surface area contributed by atoms with Gasteiger partial charge in [-0.2, -0.15) is 0 Å². The number of hydrogen-bond donors (Lipinski definition) is 1. The smallest absolute Gasteiger partial charge is 0.410 e. The zero-order valence-corrected chi connectivity index (χ0v) is 22.2. The fraction of sp³-hybridized carbons (Fsp3) is 0.704. The number of hydrogen-bond acceptors (Lipinski definition) is 7. The van der Waals surface area contributed by atoms with Crippen LogP contribution in [-0.2, 0) is 20.8 Å². The molecule has 2 heterocycles. The molecule has 2 aliphatic heterocycles. The number of piperidine rings is 1. The van der Waals surface area contributed by atoms with E-state index in [4.69, 9.17) is 14.2 Å². The highest BCUT2D eigenvalue weighted by atomic mass is 16.6. The Hall–Kier alpha value is -2.36. The minimum atomic E-state index is -0.444. The van der Waals surface area contributed by atoms with Gasteiger partial charge in [0.1, 0.15) is 12.2 Å². The van der Waals surface area contributed by atoms with Crippen molar-refractivity contribution in [2.24, 2.45) is 5.92 Å². The van der Waals surface area contributed by atoms with E-state index in [1.807, 2.05) is 56.0 Å². The van der Waals surface area contributed by atoms with Gasteiger partial charge in [-0.05, 0) is 58.2 Å². The molecule has 3 rings (SSSR count). The highest BCUT2D eigenvalue weighted by Crippen LogP contribution is 2.19. The van der Waals surface area contributed by atoms with E-state index < -0.39 is 11.7 Å². The van der Waals surface area contributed by atoms with Gasteiger partial charge in [0.25, 0.3) is 0 Å². The molecule has 2 saturated heterocycles. The van der Waals surface area contributed by atoms with Gasteiger partial charge in [-0.15, -0.1) is 0 Å². The van der Waals surface area contributed by atoms with Gasteiger partial charge in [-0.3, -0.25) is 4.90 Å². The fourth-order valence-corrected chi connectivity index (χ4v) is 4.49. The predicted octanol–water partition coefficient (Wildman–Crippen LogP) is 3.19. The molecule has 0 saturated carbocycles. The zero-order chi connectivity index (χ0) is 25.8. The van der Waals surface area contributed by atoms with Crippen LogP contribution in [0.1, 0.15) is 39.2 Å². The zero-order valence-electron chi connectivity index (χ0n) is 22.2. The second-order valence-corrected chi connectivity index (χ2v) is 10.7. The molecular formula is C27H44N4O5. The first-order valence-corrected chi connectivity index (χ1v) is 13.2. The third kappa shape index (κ3) is 10.7. The van der Waals surface area contributed by atoms with Gasteiger partial charge in [0, 0.05) is 45.8 Å². The summed E-state index contributed by atoms with van der Waals surface area (Å²) in [7, 11) is 0. The van der Waals surface area contributed by atoms with Crippen LogP contribution in [0.5, 0.6) is 0 Å². The van der Waals surface area contributed by atoms with E-state index in [1.54, 1.807) is 0 Å². The molecule has 1 aromatic carbocycles. The van der Waals surface area contributed by atoms with Crippen LogP contribution in [0, 0.1) is 5.92 Å². The number of ether oxygens (including phenoxy) is 3. The Bertz CT molecular complexity index is 785. The number of nitrogens with zero attached hydrogens (tertiary/aromatic N) is 3. The SMILES string of the molecule is CC(C)(C)OC(=O)N1CCN(CC2CCN(CCOCCNC(=O)OCc3ccccc3)CC2)CC1. The van der Waals surface area contributed by atoms with Gasteiger partial charge in [0.15, 0.2) is 0 Å². The molecule has 9 nitrogen and oxygen atoms in total. The molecule has 1 N–H and O–H groups in total. The quantitative estimate of drug-likeness (QED) is 0.490. The first-order valence-electron chi connectivity index (χ1n) is 13.2. The van der Waals surface area contributed by atoms with E-state index in [2.05, 4.69) is 15.1 Å². The molecule has 9 heteroatoms. The molecule has 0 spiro atoms. The molecule has 0 unspecified atom stereocenters. The molecule has 0 aromatic heterocycles. The van der Waals surface area contributed by atoms with E-state index in [0.717, 1.165) is 57.9 Å². The maximum Gasteiger partial charge on any atom is 0.410 e. The van der Waals surface area contributed by atoms with Gasteiger partial charge < -0.3 is 29.3 Å². The van der Waals surface area contributed by atoms with Crippen molar-refractivity contribution in [2.45, 2.75) is 45.8 Å². The average Bonchev–Trinajstić information content (AvgIpc) is 2.86. The largest absolute Gasteiger partial charge is 0.445 e.